The van der Waals surface area contributed by atoms with E-state index in [9.17, 15) is 9.59 Å². The molecular weight excluding hydrogens is 302 g/mol. The second-order valence-electron chi connectivity index (χ2n) is 5.08. The summed E-state index contributed by atoms with van der Waals surface area (Å²) >= 11 is 1.63. The number of hydrogen-bond donors (Lipinski definition) is 2. The largest absolute Gasteiger partial charge is 0.479 e. The van der Waals surface area contributed by atoms with E-state index in [0.717, 1.165) is 10.4 Å². The van der Waals surface area contributed by atoms with Gasteiger partial charge in [0.05, 0.1) is 0 Å². The van der Waals surface area contributed by atoms with E-state index < -0.39 is 18.2 Å². The van der Waals surface area contributed by atoms with Crippen LogP contribution in [-0.4, -0.2) is 29.2 Å². The normalized spacial score (nSPS) is 20.7. The highest BCUT2D eigenvalue weighted by molar-refractivity contribution is 7.13. The maximum absolute atomic E-state index is 12.2. The van der Waals surface area contributed by atoms with Crippen molar-refractivity contribution in [2.24, 2.45) is 0 Å². The maximum Gasteiger partial charge on any atom is 0.332 e. The molecule has 2 heterocycles. The lowest BCUT2D eigenvalue weighted by Crippen LogP contribution is -2.29. The number of amides is 1. The third-order valence-corrected chi connectivity index (χ3v) is 4.44. The van der Waals surface area contributed by atoms with E-state index in [0.29, 0.717) is 18.5 Å². The van der Waals surface area contributed by atoms with E-state index in [-0.39, 0.29) is 5.91 Å². The van der Waals surface area contributed by atoms with Crippen LogP contribution in [0.15, 0.2) is 41.8 Å². The topological polar surface area (TPSA) is 75.6 Å². The number of carboxylic acid groups (broad SMARTS) is 1. The van der Waals surface area contributed by atoms with Crippen LogP contribution < -0.4 is 5.32 Å². The summed E-state index contributed by atoms with van der Waals surface area (Å²) in [7, 11) is 0. The van der Waals surface area contributed by atoms with Crippen LogP contribution in [0, 0.1) is 0 Å². The third-order valence-electron chi connectivity index (χ3n) is 3.52. The molecule has 1 saturated heterocycles. The number of carbonyl (C=O) groups excluding carboxylic acids is 1. The summed E-state index contributed by atoms with van der Waals surface area (Å²) in [5.41, 5.74) is 1.71. The number of hydrogen-bond acceptors (Lipinski definition) is 4. The number of benzene rings is 1. The average molecular weight is 317 g/mol. The Morgan fingerprint density at radius 2 is 2.00 bits per heavy atom. The van der Waals surface area contributed by atoms with Gasteiger partial charge in [0.25, 0.3) is 5.91 Å². The van der Waals surface area contributed by atoms with Gasteiger partial charge in [0, 0.05) is 10.6 Å². The first-order valence-corrected chi connectivity index (χ1v) is 7.84. The minimum absolute atomic E-state index is 0.299. The van der Waals surface area contributed by atoms with Gasteiger partial charge in [-0.25, -0.2) is 4.79 Å². The first-order valence-electron chi connectivity index (χ1n) is 6.96. The van der Waals surface area contributed by atoms with Gasteiger partial charge in [0.1, 0.15) is 6.10 Å². The molecule has 5 nitrogen and oxygen atoms in total. The molecule has 0 radical (unpaired) electrons. The summed E-state index contributed by atoms with van der Waals surface area (Å²) in [4.78, 5) is 24.1. The molecule has 0 unspecified atom stereocenters. The SMILES string of the molecule is O=C(Nc1cccc(-c2cccs2)c1)[C@@H]1CC[C@H](C(=O)O)O1. The molecule has 1 amide bonds. The number of nitrogens with one attached hydrogen (secondary N) is 1. The minimum Gasteiger partial charge on any atom is -0.479 e. The monoisotopic (exact) mass is 317 g/mol. The standard InChI is InChI=1S/C16H15NO4S/c18-15(12-6-7-13(21-12)16(19)20)17-11-4-1-3-10(9-11)14-5-2-8-22-14/h1-5,8-9,12-13H,6-7H2,(H,17,18)(H,19,20)/t12-,13+/m0/s1. The van der Waals surface area contributed by atoms with Crippen molar-refractivity contribution >= 4 is 28.9 Å². The summed E-state index contributed by atoms with van der Waals surface area (Å²) < 4.78 is 5.25. The molecule has 2 N–H and O–H groups in total. The molecule has 1 aliphatic heterocycles. The molecule has 6 heteroatoms. The van der Waals surface area contributed by atoms with Crippen LogP contribution in [0.3, 0.4) is 0 Å². The molecule has 1 aromatic heterocycles. The predicted octanol–water partition coefficient (Wildman–Crippen LogP) is 2.99. The van der Waals surface area contributed by atoms with E-state index in [1.807, 2.05) is 35.7 Å². The maximum atomic E-state index is 12.2. The van der Waals surface area contributed by atoms with Crippen LogP contribution >= 0.6 is 11.3 Å². The van der Waals surface area contributed by atoms with E-state index in [4.69, 9.17) is 9.84 Å². The number of carboxylic acids is 1. The minimum atomic E-state index is -1.02. The van der Waals surface area contributed by atoms with Gasteiger partial charge in [0.15, 0.2) is 6.10 Å². The fourth-order valence-electron chi connectivity index (χ4n) is 2.43. The molecule has 2 atom stereocenters. The van der Waals surface area contributed by atoms with Crippen molar-refractivity contribution < 1.29 is 19.4 Å². The quantitative estimate of drug-likeness (QED) is 0.909. The Kier molecular flexibility index (Phi) is 4.22. The molecule has 114 valence electrons. The Morgan fingerprint density at radius 3 is 2.68 bits per heavy atom. The van der Waals surface area contributed by atoms with Gasteiger partial charge in [0.2, 0.25) is 0 Å². The number of carbonyl (C=O) groups is 2. The Hall–Kier alpha value is -2.18. The molecule has 1 aromatic carbocycles. The van der Waals surface area contributed by atoms with Crippen LogP contribution in [0.25, 0.3) is 10.4 Å². The second kappa shape index (κ2) is 6.29. The van der Waals surface area contributed by atoms with Gasteiger partial charge >= 0.3 is 5.97 Å². The summed E-state index contributed by atoms with van der Waals surface area (Å²) in [5, 5.41) is 13.7. The number of aliphatic carboxylic acids is 1. The van der Waals surface area contributed by atoms with Crippen molar-refractivity contribution in [1.82, 2.24) is 0 Å². The fraction of sp³-hybridized carbons (Fsp3) is 0.250. The first kappa shape index (κ1) is 14.7. The summed E-state index contributed by atoms with van der Waals surface area (Å²) in [5.74, 6) is -1.32. The Bertz CT molecular complexity index is 683. The van der Waals surface area contributed by atoms with Crippen molar-refractivity contribution in [2.45, 2.75) is 25.0 Å². The van der Waals surface area contributed by atoms with E-state index >= 15 is 0 Å². The smallest absolute Gasteiger partial charge is 0.332 e. The second-order valence-corrected chi connectivity index (χ2v) is 6.02. The number of ether oxygens (including phenoxy) is 1. The molecule has 0 saturated carbocycles. The van der Waals surface area contributed by atoms with E-state index in [1.54, 1.807) is 17.4 Å². The molecule has 3 rings (SSSR count). The van der Waals surface area contributed by atoms with Crippen molar-refractivity contribution in [3.63, 3.8) is 0 Å². The third kappa shape index (κ3) is 3.18. The van der Waals surface area contributed by atoms with Crippen molar-refractivity contribution in [2.75, 3.05) is 5.32 Å². The molecule has 1 fully saturated rings. The molecule has 0 aliphatic carbocycles. The average Bonchev–Trinajstić information content (AvgIpc) is 3.19. The van der Waals surface area contributed by atoms with Crippen molar-refractivity contribution in [3.05, 3.63) is 41.8 Å². The van der Waals surface area contributed by atoms with Gasteiger partial charge in [-0.2, -0.15) is 0 Å². The van der Waals surface area contributed by atoms with Gasteiger partial charge in [-0.3, -0.25) is 4.79 Å². The number of rotatable bonds is 4. The van der Waals surface area contributed by atoms with Crippen LogP contribution in [0.2, 0.25) is 0 Å². The number of thiophene rings is 1. The van der Waals surface area contributed by atoms with E-state index in [1.165, 1.54) is 0 Å². The Morgan fingerprint density at radius 1 is 1.18 bits per heavy atom. The highest BCUT2D eigenvalue weighted by Crippen LogP contribution is 2.27. The fourth-order valence-corrected chi connectivity index (χ4v) is 3.15. The van der Waals surface area contributed by atoms with Crippen LogP contribution in [0.4, 0.5) is 5.69 Å². The lowest BCUT2D eigenvalue weighted by atomic mass is 10.1. The van der Waals surface area contributed by atoms with Gasteiger partial charge in [-0.1, -0.05) is 18.2 Å². The van der Waals surface area contributed by atoms with Crippen molar-refractivity contribution in [1.29, 1.82) is 0 Å². The van der Waals surface area contributed by atoms with Gasteiger partial charge in [-0.05, 0) is 42.0 Å². The van der Waals surface area contributed by atoms with Gasteiger partial charge < -0.3 is 15.2 Å². The summed E-state index contributed by atoms with van der Waals surface area (Å²) in [6, 6.07) is 11.5. The molecule has 22 heavy (non-hydrogen) atoms. The zero-order valence-electron chi connectivity index (χ0n) is 11.7. The van der Waals surface area contributed by atoms with E-state index in [2.05, 4.69) is 5.32 Å². The molecule has 0 bridgehead atoms. The zero-order valence-corrected chi connectivity index (χ0v) is 12.5. The Balaban J connectivity index is 1.67. The molecule has 0 spiro atoms. The zero-order chi connectivity index (χ0) is 15.5. The van der Waals surface area contributed by atoms with Crippen LogP contribution in [-0.2, 0) is 14.3 Å². The summed E-state index contributed by atoms with van der Waals surface area (Å²) in [6.07, 6.45) is -0.796. The first-order chi connectivity index (χ1) is 10.6. The molecular formula is C16H15NO4S. The highest BCUT2D eigenvalue weighted by atomic mass is 32.1. The van der Waals surface area contributed by atoms with Crippen LogP contribution in [0.1, 0.15) is 12.8 Å². The lowest BCUT2D eigenvalue weighted by molar-refractivity contribution is -0.150. The lowest BCUT2D eigenvalue weighted by Gasteiger charge is -2.12. The van der Waals surface area contributed by atoms with Crippen LogP contribution in [0.5, 0.6) is 0 Å². The highest BCUT2D eigenvalue weighted by Gasteiger charge is 2.34. The predicted molar refractivity (Wildman–Crippen MR) is 83.9 cm³/mol. The summed E-state index contributed by atoms with van der Waals surface area (Å²) in [6.45, 7) is 0. The molecule has 2 aromatic rings. The Labute approximate surface area is 131 Å². The number of anilines is 1. The van der Waals surface area contributed by atoms with Crippen molar-refractivity contribution in [3.8, 4) is 10.4 Å². The molecule has 1 aliphatic rings. The van der Waals surface area contributed by atoms with Gasteiger partial charge in [-0.15, -0.1) is 11.3 Å².